The molecule has 1 aliphatic carbocycles. The van der Waals surface area contributed by atoms with Crippen molar-refractivity contribution < 1.29 is 0 Å². The summed E-state index contributed by atoms with van der Waals surface area (Å²) < 4.78 is 1.75. The zero-order valence-corrected chi connectivity index (χ0v) is 12.2. The average molecular weight is 281 g/mol. The standard InChI is InChI=1S/C16H19N5/c1-13-7-9-16(12-17,10-8-13)11-15-18-19-20-21(15)14-5-3-2-4-6-14/h2-6,13H,7-11H2,1H3. The van der Waals surface area contributed by atoms with E-state index in [4.69, 9.17) is 0 Å². The zero-order chi connectivity index (χ0) is 14.7. The van der Waals surface area contributed by atoms with E-state index in [1.165, 1.54) is 0 Å². The topological polar surface area (TPSA) is 67.4 Å². The maximum absolute atomic E-state index is 9.66. The SMILES string of the molecule is CC1CCC(C#N)(Cc2nnnn2-c2ccccc2)CC1. The molecule has 2 aromatic rings. The van der Waals surface area contributed by atoms with Crippen LogP contribution in [0.15, 0.2) is 30.3 Å². The molecule has 3 rings (SSSR count). The molecule has 5 heteroatoms. The molecule has 0 radical (unpaired) electrons. The largest absolute Gasteiger partial charge is 0.198 e. The number of aromatic nitrogens is 4. The Morgan fingerprint density at radius 2 is 2.00 bits per heavy atom. The minimum atomic E-state index is -0.312. The summed E-state index contributed by atoms with van der Waals surface area (Å²) in [5.41, 5.74) is 0.628. The number of rotatable bonds is 3. The minimum absolute atomic E-state index is 0.312. The number of hydrogen-bond donors (Lipinski definition) is 0. The second-order valence-corrected chi connectivity index (χ2v) is 6.09. The summed E-state index contributed by atoms with van der Waals surface area (Å²) in [6.07, 6.45) is 4.72. The average Bonchev–Trinajstić information content (AvgIpc) is 2.99. The highest BCUT2D eigenvalue weighted by atomic mass is 15.5. The Morgan fingerprint density at radius 3 is 2.67 bits per heavy atom. The first kappa shape index (κ1) is 13.7. The number of benzene rings is 1. The van der Waals surface area contributed by atoms with Crippen LogP contribution in [0.4, 0.5) is 0 Å². The highest BCUT2D eigenvalue weighted by Crippen LogP contribution is 2.40. The molecule has 1 fully saturated rings. The van der Waals surface area contributed by atoms with Crippen LogP contribution in [-0.4, -0.2) is 20.2 Å². The molecule has 0 aliphatic heterocycles. The second kappa shape index (κ2) is 5.65. The summed E-state index contributed by atoms with van der Waals surface area (Å²) >= 11 is 0. The first-order valence-electron chi connectivity index (χ1n) is 7.46. The van der Waals surface area contributed by atoms with Crippen LogP contribution in [0.5, 0.6) is 0 Å². The van der Waals surface area contributed by atoms with Gasteiger partial charge in [-0.2, -0.15) is 9.94 Å². The van der Waals surface area contributed by atoms with Crippen molar-refractivity contribution in [1.29, 1.82) is 5.26 Å². The van der Waals surface area contributed by atoms with Crippen LogP contribution in [0.25, 0.3) is 5.69 Å². The van der Waals surface area contributed by atoms with Gasteiger partial charge < -0.3 is 0 Å². The molecule has 1 heterocycles. The van der Waals surface area contributed by atoms with Crippen LogP contribution in [0, 0.1) is 22.7 Å². The van der Waals surface area contributed by atoms with Crippen molar-refractivity contribution in [1.82, 2.24) is 20.2 Å². The number of nitrogens with zero attached hydrogens (tertiary/aromatic N) is 5. The quantitative estimate of drug-likeness (QED) is 0.867. The summed E-state index contributed by atoms with van der Waals surface area (Å²) in [4.78, 5) is 0. The van der Waals surface area contributed by atoms with Crippen LogP contribution in [0.3, 0.4) is 0 Å². The molecule has 1 aromatic carbocycles. The van der Waals surface area contributed by atoms with E-state index in [1.807, 2.05) is 30.3 Å². The van der Waals surface area contributed by atoms with Crippen molar-refractivity contribution in [2.75, 3.05) is 0 Å². The van der Waals surface area contributed by atoms with Gasteiger partial charge in [0.25, 0.3) is 0 Å². The lowest BCUT2D eigenvalue weighted by Crippen LogP contribution is -2.29. The third kappa shape index (κ3) is 2.80. The van der Waals surface area contributed by atoms with Gasteiger partial charge >= 0.3 is 0 Å². The molecule has 0 N–H and O–H groups in total. The van der Waals surface area contributed by atoms with Gasteiger partial charge in [-0.25, -0.2) is 0 Å². The third-order valence-corrected chi connectivity index (χ3v) is 4.50. The van der Waals surface area contributed by atoms with Gasteiger partial charge in [-0.1, -0.05) is 25.1 Å². The van der Waals surface area contributed by atoms with E-state index in [0.29, 0.717) is 6.42 Å². The van der Waals surface area contributed by atoms with Crippen molar-refractivity contribution in [2.24, 2.45) is 11.3 Å². The third-order valence-electron chi connectivity index (χ3n) is 4.50. The number of nitriles is 1. The molecule has 21 heavy (non-hydrogen) atoms. The van der Waals surface area contributed by atoms with E-state index < -0.39 is 0 Å². The Labute approximate surface area is 124 Å². The monoisotopic (exact) mass is 281 g/mol. The number of tetrazole rings is 1. The Hall–Kier alpha value is -2.22. The first-order valence-corrected chi connectivity index (χ1v) is 7.46. The smallest absolute Gasteiger partial charge is 0.158 e. The van der Waals surface area contributed by atoms with E-state index in [9.17, 15) is 5.26 Å². The van der Waals surface area contributed by atoms with E-state index in [1.54, 1.807) is 4.68 Å². The van der Waals surface area contributed by atoms with Crippen LogP contribution >= 0.6 is 0 Å². The molecule has 0 spiro atoms. The van der Waals surface area contributed by atoms with Gasteiger partial charge in [0.2, 0.25) is 0 Å². The van der Waals surface area contributed by atoms with Gasteiger partial charge in [0, 0.05) is 6.42 Å². The van der Waals surface area contributed by atoms with Gasteiger partial charge in [0.15, 0.2) is 5.82 Å². The molecule has 108 valence electrons. The van der Waals surface area contributed by atoms with Crippen molar-refractivity contribution in [3.05, 3.63) is 36.2 Å². The van der Waals surface area contributed by atoms with Crippen molar-refractivity contribution in [3.8, 4) is 11.8 Å². The van der Waals surface area contributed by atoms with Crippen LogP contribution in [0.2, 0.25) is 0 Å². The van der Waals surface area contributed by atoms with Gasteiger partial charge in [-0.15, -0.1) is 5.10 Å². The van der Waals surface area contributed by atoms with Crippen LogP contribution < -0.4 is 0 Å². The maximum Gasteiger partial charge on any atom is 0.158 e. The molecular formula is C16H19N5. The summed E-state index contributed by atoms with van der Waals surface area (Å²) in [6.45, 7) is 2.26. The van der Waals surface area contributed by atoms with Crippen LogP contribution in [0.1, 0.15) is 38.4 Å². The molecule has 0 unspecified atom stereocenters. The predicted octanol–water partition coefficient (Wildman–Crippen LogP) is 2.92. The van der Waals surface area contributed by atoms with Gasteiger partial charge in [0.05, 0.1) is 17.2 Å². The molecule has 5 nitrogen and oxygen atoms in total. The van der Waals surface area contributed by atoms with E-state index in [-0.39, 0.29) is 5.41 Å². The fourth-order valence-electron chi connectivity index (χ4n) is 3.03. The molecule has 0 bridgehead atoms. The predicted molar refractivity (Wildman–Crippen MR) is 78.5 cm³/mol. The Morgan fingerprint density at radius 1 is 1.29 bits per heavy atom. The van der Waals surface area contributed by atoms with E-state index in [2.05, 4.69) is 28.5 Å². The highest BCUT2D eigenvalue weighted by molar-refractivity contribution is 5.30. The van der Waals surface area contributed by atoms with Crippen LogP contribution in [-0.2, 0) is 6.42 Å². The lowest BCUT2D eigenvalue weighted by Gasteiger charge is -2.33. The molecule has 0 atom stereocenters. The molecule has 0 amide bonds. The van der Waals surface area contributed by atoms with Gasteiger partial charge in [0.1, 0.15) is 0 Å². The second-order valence-electron chi connectivity index (χ2n) is 6.09. The maximum atomic E-state index is 9.66. The van der Waals surface area contributed by atoms with Crippen molar-refractivity contribution >= 4 is 0 Å². The fraction of sp³-hybridized carbons (Fsp3) is 0.500. The lowest BCUT2D eigenvalue weighted by atomic mass is 9.70. The van der Waals surface area contributed by atoms with Gasteiger partial charge in [-0.05, 0) is 54.2 Å². The van der Waals surface area contributed by atoms with Gasteiger partial charge in [-0.3, -0.25) is 0 Å². The summed E-state index contributed by atoms with van der Waals surface area (Å²) in [5, 5.41) is 21.7. The number of hydrogen-bond acceptors (Lipinski definition) is 4. The summed E-state index contributed by atoms with van der Waals surface area (Å²) in [7, 11) is 0. The molecule has 1 aliphatic rings. The minimum Gasteiger partial charge on any atom is -0.198 e. The van der Waals surface area contributed by atoms with Crippen molar-refractivity contribution in [2.45, 2.75) is 39.0 Å². The number of para-hydroxylation sites is 1. The molecule has 1 saturated carbocycles. The van der Waals surface area contributed by atoms with Crippen molar-refractivity contribution in [3.63, 3.8) is 0 Å². The van der Waals surface area contributed by atoms with E-state index >= 15 is 0 Å². The Balaban J connectivity index is 1.86. The molecule has 1 aromatic heterocycles. The first-order chi connectivity index (χ1) is 10.2. The molecule has 0 saturated heterocycles. The Kier molecular flexibility index (Phi) is 3.70. The lowest BCUT2D eigenvalue weighted by molar-refractivity contribution is 0.214. The molecular weight excluding hydrogens is 262 g/mol. The normalized spacial score (nSPS) is 25.4. The summed E-state index contributed by atoms with van der Waals surface area (Å²) in [6, 6.07) is 12.4. The fourth-order valence-corrected chi connectivity index (χ4v) is 3.03. The summed E-state index contributed by atoms with van der Waals surface area (Å²) in [5.74, 6) is 1.49. The zero-order valence-electron chi connectivity index (χ0n) is 12.2. The van der Waals surface area contributed by atoms with E-state index in [0.717, 1.165) is 43.1 Å². The highest BCUT2D eigenvalue weighted by Gasteiger charge is 2.36. The Bertz CT molecular complexity index is 632.